The number of fused-ring (bicyclic) bond motifs is 11. The minimum atomic E-state index is -0.232. The Bertz CT molecular complexity index is 6640. The average molecular weight is 1880 g/mol. The van der Waals surface area contributed by atoms with Crippen LogP contribution in [0.2, 0.25) is 10.0 Å². The molecular weight excluding hydrogens is 1780 g/mol. The molecule has 12 aliphatic heterocycles. The van der Waals surface area contributed by atoms with E-state index in [1.54, 1.807) is 78.8 Å². The molecular formula is C102H103Cl2N15O13S2. The molecule has 0 spiro atoms. The second kappa shape index (κ2) is 42.0. The molecule has 690 valence electrons. The number of aromatic hydroxyl groups is 6. The summed E-state index contributed by atoms with van der Waals surface area (Å²) in [5.41, 5.74) is 27.2. The number of aliphatic imine (C=N–C) groups is 1. The second-order valence-electron chi connectivity index (χ2n) is 34.7. The lowest BCUT2D eigenvalue weighted by Gasteiger charge is -2.45. The Morgan fingerprint density at radius 1 is 0.627 bits per heavy atom. The molecule has 3 amide bonds. The normalized spacial score (nSPS) is 21.7. The van der Waals surface area contributed by atoms with Gasteiger partial charge in [-0.3, -0.25) is 38.8 Å². The number of nitrogen functional groups attached to an aromatic ring is 1. The molecule has 0 aliphatic carbocycles. The Balaban J connectivity index is 0.000000109. The summed E-state index contributed by atoms with van der Waals surface area (Å²) < 4.78 is 11.9. The standard InChI is InChI=1S/C18H14ClNOS.C15H14ClNO2.C15H17N3O2.C15H15N3OS.C15H12N2O3.C14H17NO3.C10H14N4O/c19-16-14-7-3-4-8-15(14)22-17(16)18(21)20-10-9-12-5-1-2-6-13(12)11-20;16-11-3-1-9(2-4-11)15-12-8-14(19)13(18)7-10(12)5-6-17-15;1-2-11-12(20-8-19-11)7-10(1)14-15-13(16-17-14)9-3-5-18(15)6-4-9;1-9-8-17-15(20-9)18-14(19)12-4-2-3-10-5-6-11(16)7-13(10)12;18-12-6-5-9(7-13(12)19)8-14-16-11-4-2-1-3-10(11)15(20)17-14;16-12-2-1-9(8-13(12)17)7-11-14(18)10-3-5-15(11)6-4-10;11-10(15)8-1-7(2-12-3-8)9-4-13-6-14-5-9/h1-8H,9-11H2;1-4,7-8,15,17-19H,5-6H2;1-2,7,9,14-15,17H,3-6,8H2;2-7,9H,8,16H2,1H3,(H,17,18,19);1-7,18-19H,8H2,(H,16,17,20);1-2,8,10-11,16-17H,3-7H2;4-8,12H,1-3H2,(H2,11,15). The van der Waals surface area contributed by atoms with Crippen LogP contribution < -0.4 is 47.9 Å². The fourth-order valence-corrected chi connectivity index (χ4v) is 21.3. The molecule has 7 unspecified atom stereocenters. The summed E-state index contributed by atoms with van der Waals surface area (Å²) >= 11 is 15.4. The Morgan fingerprint density at radius 2 is 1.31 bits per heavy atom. The number of rotatable bonds is 10. The van der Waals surface area contributed by atoms with E-state index >= 15 is 0 Å². The maximum Gasteiger partial charge on any atom is 0.265 e. The third-order valence-corrected chi connectivity index (χ3v) is 28.8. The minimum Gasteiger partial charge on any atom is -0.504 e. The van der Waals surface area contributed by atoms with Crippen molar-refractivity contribution in [2.45, 2.75) is 107 Å². The molecule has 15 heterocycles. The minimum absolute atomic E-state index is 0.0208. The third-order valence-electron chi connectivity index (χ3n) is 25.9. The molecule has 15 N–H and O–H groups in total. The number of primary amides is 1. The number of hydrogen-bond donors (Lipinski definition) is 13. The Kier molecular flexibility index (Phi) is 29.0. The van der Waals surface area contributed by atoms with Crippen LogP contribution in [-0.4, -0.2) is 183 Å². The van der Waals surface area contributed by atoms with E-state index in [-0.39, 0.29) is 93.7 Å². The van der Waals surface area contributed by atoms with E-state index in [0.29, 0.717) is 104 Å². The molecule has 0 saturated carbocycles. The molecule has 7 atom stereocenters. The zero-order chi connectivity index (χ0) is 93.2. The molecule has 25 rings (SSSR count). The van der Waals surface area contributed by atoms with Gasteiger partial charge >= 0.3 is 0 Å². The summed E-state index contributed by atoms with van der Waals surface area (Å²) in [6.45, 7) is 11.4. The number of phenols is 6. The largest absolute Gasteiger partial charge is 0.504 e. The van der Waals surface area contributed by atoms with Crippen molar-refractivity contribution in [2.75, 3.05) is 71.4 Å². The van der Waals surface area contributed by atoms with Crippen molar-refractivity contribution in [3.63, 3.8) is 0 Å². The number of hydrazone groups is 1. The number of aromatic nitrogens is 4. The van der Waals surface area contributed by atoms with Gasteiger partial charge in [-0.05, 0) is 235 Å². The first kappa shape index (κ1) is 92.7. The third kappa shape index (κ3) is 21.5. The lowest BCUT2D eigenvalue weighted by molar-refractivity contribution is -0.136. The number of anilines is 1. The van der Waals surface area contributed by atoms with Gasteiger partial charge in [0.1, 0.15) is 17.0 Å². The Labute approximate surface area is 791 Å². The van der Waals surface area contributed by atoms with Crippen molar-refractivity contribution in [3.8, 4) is 46.0 Å². The number of carbonyl (C=O) groups excluding carboxylic acids is 4. The van der Waals surface area contributed by atoms with Crippen molar-refractivity contribution in [3.05, 3.63) is 306 Å². The summed E-state index contributed by atoms with van der Waals surface area (Å²) in [5, 5.41) is 76.7. The number of Topliss-reactive ketones (excluding diaryl/α,β-unsaturated/α-hetero) is 1. The highest BCUT2D eigenvalue weighted by Gasteiger charge is 2.47. The predicted octanol–water partition coefficient (Wildman–Crippen LogP) is 14.8. The summed E-state index contributed by atoms with van der Waals surface area (Å²) in [5.74, 6) is 2.64. The zero-order valence-electron chi connectivity index (χ0n) is 73.5. The summed E-state index contributed by atoms with van der Waals surface area (Å²) in [6, 6.07) is 61.7. The van der Waals surface area contributed by atoms with Crippen molar-refractivity contribution in [1.82, 2.24) is 56.0 Å². The van der Waals surface area contributed by atoms with Gasteiger partial charge in [-0.1, -0.05) is 145 Å². The fourth-order valence-electron chi connectivity index (χ4n) is 18.8. The number of ketones is 1. The number of nitrogens with one attached hydrogen (secondary N) is 5. The van der Waals surface area contributed by atoms with E-state index in [4.69, 9.17) is 44.1 Å². The SMILES string of the molecule is CC1CN=C(NC(=O)c2cccc3ccc(N)cc23)S1.NC(=O)C1CNCC(c2cncnc2)C1.O=C(c1sc2ccccc2c1Cl)N1CCc2ccccc2C1.O=C1C2CCN(CC2)C1Cc1ccc(O)c(O)c1.O=c1[nH]c(Cc2ccc(O)c(O)c2)nc2ccccc12.Oc1cc2c(cc1O)C(c1ccc(Cl)cc1)NCC2.c1cc2c(cc1C1NN=C3C4CCN(CC4)C31)OCO2. The topological polar surface area (TPSA) is 414 Å². The van der Waals surface area contributed by atoms with Crippen LogP contribution in [0, 0.1) is 17.8 Å². The number of thiophene rings is 1. The quantitative estimate of drug-likeness (QED) is 0.0447. The second-order valence-corrected chi connectivity index (χ2v) is 38.0. The van der Waals surface area contributed by atoms with Gasteiger partial charge < -0.3 is 82.8 Å². The molecule has 12 aliphatic rings. The first-order valence-electron chi connectivity index (χ1n) is 44.8. The van der Waals surface area contributed by atoms with Gasteiger partial charge in [0, 0.05) is 101 Å². The average Bonchev–Trinajstić information content (AvgIpc) is 1.59. The highest BCUT2D eigenvalue weighted by Crippen LogP contribution is 2.44. The van der Waals surface area contributed by atoms with Crippen LogP contribution in [-0.2, 0) is 41.8 Å². The lowest BCUT2D eigenvalue weighted by atomic mass is 9.78. The maximum absolute atomic E-state index is 12.9. The van der Waals surface area contributed by atoms with E-state index in [2.05, 4.69) is 98.5 Å². The van der Waals surface area contributed by atoms with Crippen LogP contribution in [0.25, 0.3) is 31.8 Å². The molecule has 10 aromatic carbocycles. The number of piperidine rings is 7. The van der Waals surface area contributed by atoms with Crippen molar-refractivity contribution in [2.24, 2.45) is 33.6 Å². The highest BCUT2D eigenvalue weighted by molar-refractivity contribution is 8.14. The van der Waals surface area contributed by atoms with Crippen LogP contribution in [0.15, 0.2) is 234 Å². The number of benzene rings is 10. The predicted molar refractivity (Wildman–Crippen MR) is 522 cm³/mol. The number of ether oxygens (including phenoxy) is 2. The van der Waals surface area contributed by atoms with Gasteiger partial charge in [-0.2, -0.15) is 5.10 Å². The lowest BCUT2D eigenvalue weighted by Crippen LogP contribution is -2.56. The first-order valence-corrected chi connectivity index (χ1v) is 47.3. The van der Waals surface area contributed by atoms with E-state index in [1.165, 1.54) is 84.2 Å². The van der Waals surface area contributed by atoms with Crippen molar-refractivity contribution >= 4 is 118 Å². The van der Waals surface area contributed by atoms with Crippen LogP contribution in [0.3, 0.4) is 0 Å². The van der Waals surface area contributed by atoms with E-state index in [1.807, 2.05) is 102 Å². The summed E-state index contributed by atoms with van der Waals surface area (Å²) in [4.78, 5) is 87.2. The summed E-state index contributed by atoms with van der Waals surface area (Å²) in [6.07, 6.45) is 13.2. The van der Waals surface area contributed by atoms with E-state index in [0.717, 1.165) is 137 Å². The van der Waals surface area contributed by atoms with Gasteiger partial charge in [0.05, 0.1) is 58.3 Å². The Hall–Kier alpha value is -13.2. The van der Waals surface area contributed by atoms with Gasteiger partial charge in [0.15, 0.2) is 56.9 Å². The highest BCUT2D eigenvalue weighted by atomic mass is 35.5. The number of nitrogens with two attached hydrogens (primary N) is 2. The number of para-hydroxylation sites is 1. The van der Waals surface area contributed by atoms with Gasteiger partial charge in [0.25, 0.3) is 17.4 Å². The van der Waals surface area contributed by atoms with Gasteiger partial charge in [0.2, 0.25) is 12.7 Å². The van der Waals surface area contributed by atoms with Crippen LogP contribution >= 0.6 is 46.3 Å². The number of hydrogen-bond acceptors (Lipinski definition) is 26. The van der Waals surface area contributed by atoms with Crippen molar-refractivity contribution < 1.29 is 59.3 Å². The van der Waals surface area contributed by atoms with Crippen LogP contribution in [0.5, 0.6) is 46.0 Å². The zero-order valence-corrected chi connectivity index (χ0v) is 76.6. The van der Waals surface area contributed by atoms with Crippen molar-refractivity contribution in [1.29, 1.82) is 0 Å². The van der Waals surface area contributed by atoms with Gasteiger partial charge in [-0.25, -0.2) is 15.0 Å². The molecule has 28 nitrogen and oxygen atoms in total. The maximum atomic E-state index is 12.9. The number of amidine groups is 1. The molecule has 134 heavy (non-hydrogen) atoms. The molecule has 4 bridgehead atoms. The number of halogens is 2. The molecule has 7 saturated heterocycles. The number of aromatic amines is 1. The number of H-pyrrole nitrogens is 1. The van der Waals surface area contributed by atoms with Crippen LogP contribution in [0.1, 0.15) is 133 Å². The molecule has 32 heteroatoms. The Morgan fingerprint density at radius 3 is 2.05 bits per heavy atom. The number of carbonyl (C=O) groups is 4. The smallest absolute Gasteiger partial charge is 0.265 e. The van der Waals surface area contributed by atoms with E-state index in [9.17, 15) is 54.6 Å². The molecule has 13 aromatic rings. The first-order chi connectivity index (χ1) is 65.0. The monoisotopic (exact) mass is 1880 g/mol. The van der Waals surface area contributed by atoms with Gasteiger partial charge in [-0.15, -0.1) is 11.3 Å². The fraction of sp³-hybridized carbons (Fsp3) is 0.294. The molecule has 3 aromatic heterocycles. The van der Waals surface area contributed by atoms with E-state index < -0.39 is 0 Å². The number of thioether (sulfide) groups is 1. The summed E-state index contributed by atoms with van der Waals surface area (Å²) in [7, 11) is 0. The van der Waals surface area contributed by atoms with Crippen LogP contribution in [0.4, 0.5) is 5.69 Å². The number of nitrogens with zero attached hydrogens (tertiary/aromatic N) is 8. The molecule has 7 fully saturated rings. The number of phenolic OH excluding ortho intramolecular Hbond substituents is 6. The number of amides is 3. The molecule has 0 radical (unpaired) electrons.